The first-order valence-corrected chi connectivity index (χ1v) is 7.72. The van der Waals surface area contributed by atoms with E-state index in [2.05, 4.69) is 48.4 Å². The van der Waals surface area contributed by atoms with Gasteiger partial charge in [-0.05, 0) is 62.1 Å². The Balaban J connectivity index is 1.47. The zero-order valence-corrected chi connectivity index (χ0v) is 13.1. The van der Waals surface area contributed by atoms with Crippen molar-refractivity contribution in [2.45, 2.75) is 33.2 Å². The first-order valence-electron chi connectivity index (χ1n) is 7.72. The third kappa shape index (κ3) is 3.45. The molecule has 1 aromatic heterocycles. The van der Waals surface area contributed by atoms with E-state index in [1.54, 1.807) is 0 Å². The monoisotopic (exact) mass is 295 g/mol. The highest BCUT2D eigenvalue weighted by atomic mass is 16.5. The Labute approximate surface area is 130 Å². The van der Waals surface area contributed by atoms with Crippen molar-refractivity contribution in [2.24, 2.45) is 0 Å². The average molecular weight is 295 g/mol. The molecule has 0 unspecified atom stereocenters. The maximum Gasteiger partial charge on any atom is 0.119 e. The normalized spacial score (nSPS) is 11.0. The van der Waals surface area contributed by atoms with Gasteiger partial charge in [0.25, 0.3) is 0 Å². The van der Waals surface area contributed by atoms with Gasteiger partial charge in [-0.2, -0.15) is 0 Å². The van der Waals surface area contributed by atoms with Gasteiger partial charge in [-0.15, -0.1) is 5.10 Å². The van der Waals surface area contributed by atoms with E-state index >= 15 is 0 Å². The summed E-state index contributed by atoms with van der Waals surface area (Å²) in [7, 11) is 0. The van der Waals surface area contributed by atoms with Crippen LogP contribution in [0.5, 0.6) is 5.75 Å². The van der Waals surface area contributed by atoms with Gasteiger partial charge in [-0.25, -0.2) is 4.68 Å². The molecule has 2 aromatic carbocycles. The summed E-state index contributed by atoms with van der Waals surface area (Å²) in [5, 5.41) is 8.37. The lowest BCUT2D eigenvalue weighted by molar-refractivity contribution is 0.301. The number of rotatable bonds is 6. The Morgan fingerprint density at radius 2 is 1.77 bits per heavy atom. The molecule has 0 saturated heterocycles. The summed E-state index contributed by atoms with van der Waals surface area (Å²) in [6.45, 7) is 5.79. The number of unbranched alkanes of at least 4 members (excludes halogenated alkanes) is 1. The highest BCUT2D eigenvalue weighted by Crippen LogP contribution is 2.16. The molecule has 3 rings (SSSR count). The fraction of sp³-hybridized carbons (Fsp3) is 0.333. The van der Waals surface area contributed by atoms with Crippen LogP contribution in [0.4, 0.5) is 0 Å². The molecule has 4 nitrogen and oxygen atoms in total. The van der Waals surface area contributed by atoms with Crippen molar-refractivity contribution in [1.82, 2.24) is 15.0 Å². The van der Waals surface area contributed by atoms with Crippen LogP contribution in [0.15, 0.2) is 42.5 Å². The van der Waals surface area contributed by atoms with Crippen LogP contribution in [-0.4, -0.2) is 21.6 Å². The van der Waals surface area contributed by atoms with E-state index in [1.807, 2.05) is 22.9 Å². The number of hydrogen-bond donors (Lipinski definition) is 0. The molecule has 4 heteroatoms. The Hall–Kier alpha value is -2.36. The third-order valence-corrected chi connectivity index (χ3v) is 3.65. The van der Waals surface area contributed by atoms with Gasteiger partial charge in [-0.3, -0.25) is 0 Å². The summed E-state index contributed by atoms with van der Waals surface area (Å²) in [4.78, 5) is 0. The SMILES string of the molecule is Cc1cc(C)cc(OCCCCn2nnc3ccccc32)c1. The number of benzene rings is 2. The number of nitrogens with zero attached hydrogens (tertiary/aromatic N) is 3. The molecule has 0 aliphatic heterocycles. The second-order valence-electron chi connectivity index (χ2n) is 5.68. The second kappa shape index (κ2) is 6.60. The number of fused-ring (bicyclic) bond motifs is 1. The first-order chi connectivity index (χ1) is 10.7. The zero-order chi connectivity index (χ0) is 15.4. The molecule has 1 heterocycles. The highest BCUT2D eigenvalue weighted by Gasteiger charge is 2.03. The van der Waals surface area contributed by atoms with Gasteiger partial charge in [-0.1, -0.05) is 23.4 Å². The second-order valence-corrected chi connectivity index (χ2v) is 5.68. The smallest absolute Gasteiger partial charge is 0.119 e. The minimum Gasteiger partial charge on any atom is -0.494 e. The first kappa shape index (κ1) is 14.6. The number of aryl methyl sites for hydroxylation is 3. The van der Waals surface area contributed by atoms with E-state index in [0.717, 1.165) is 42.8 Å². The molecule has 0 aliphatic carbocycles. The molecule has 0 aliphatic rings. The van der Waals surface area contributed by atoms with Gasteiger partial charge in [0.15, 0.2) is 0 Å². The van der Waals surface area contributed by atoms with Crippen molar-refractivity contribution >= 4 is 11.0 Å². The van der Waals surface area contributed by atoms with Crippen LogP contribution in [0.25, 0.3) is 11.0 Å². The van der Waals surface area contributed by atoms with Crippen molar-refractivity contribution in [3.8, 4) is 5.75 Å². The van der Waals surface area contributed by atoms with Gasteiger partial charge in [0.1, 0.15) is 11.3 Å². The Morgan fingerprint density at radius 3 is 2.59 bits per heavy atom. The van der Waals surface area contributed by atoms with Crippen molar-refractivity contribution in [3.05, 3.63) is 53.6 Å². The molecule has 0 N–H and O–H groups in total. The number of para-hydroxylation sites is 1. The summed E-state index contributed by atoms with van der Waals surface area (Å²) in [6.07, 6.45) is 2.03. The molecule has 0 bridgehead atoms. The zero-order valence-electron chi connectivity index (χ0n) is 13.1. The lowest BCUT2D eigenvalue weighted by Gasteiger charge is -2.08. The largest absolute Gasteiger partial charge is 0.494 e. The minimum atomic E-state index is 0.732. The number of aromatic nitrogens is 3. The van der Waals surface area contributed by atoms with E-state index in [9.17, 15) is 0 Å². The van der Waals surface area contributed by atoms with Gasteiger partial charge < -0.3 is 4.74 Å². The van der Waals surface area contributed by atoms with Crippen LogP contribution < -0.4 is 4.74 Å². The standard InChI is InChI=1S/C18H21N3O/c1-14-11-15(2)13-16(12-14)22-10-6-5-9-21-18-8-4-3-7-17(18)19-20-21/h3-4,7-8,11-13H,5-6,9-10H2,1-2H3. The average Bonchev–Trinajstić information content (AvgIpc) is 2.89. The fourth-order valence-electron chi connectivity index (χ4n) is 2.65. The van der Waals surface area contributed by atoms with Crippen LogP contribution in [-0.2, 0) is 6.54 Å². The van der Waals surface area contributed by atoms with Crippen LogP contribution in [0, 0.1) is 13.8 Å². The lowest BCUT2D eigenvalue weighted by Crippen LogP contribution is -2.04. The van der Waals surface area contributed by atoms with Crippen molar-refractivity contribution < 1.29 is 4.74 Å². The molecule has 0 atom stereocenters. The van der Waals surface area contributed by atoms with Crippen LogP contribution in [0.3, 0.4) is 0 Å². The quantitative estimate of drug-likeness (QED) is 0.647. The molecular weight excluding hydrogens is 274 g/mol. The fourth-order valence-corrected chi connectivity index (χ4v) is 2.65. The predicted molar refractivity (Wildman–Crippen MR) is 88.2 cm³/mol. The van der Waals surface area contributed by atoms with Crippen molar-refractivity contribution in [1.29, 1.82) is 0 Å². The van der Waals surface area contributed by atoms with Crippen molar-refractivity contribution in [2.75, 3.05) is 6.61 Å². The Bertz CT molecular complexity index is 744. The molecule has 3 aromatic rings. The molecule has 0 saturated carbocycles. The topological polar surface area (TPSA) is 39.9 Å². The van der Waals surface area contributed by atoms with Gasteiger partial charge >= 0.3 is 0 Å². The molecule has 0 amide bonds. The van der Waals surface area contributed by atoms with E-state index in [4.69, 9.17) is 4.74 Å². The summed E-state index contributed by atoms with van der Waals surface area (Å²) < 4.78 is 7.79. The summed E-state index contributed by atoms with van der Waals surface area (Å²) in [5.41, 5.74) is 4.53. The third-order valence-electron chi connectivity index (χ3n) is 3.65. The molecular formula is C18H21N3O. The number of ether oxygens (including phenoxy) is 1. The Kier molecular flexibility index (Phi) is 4.37. The predicted octanol–water partition coefficient (Wildman–Crippen LogP) is 3.91. The van der Waals surface area contributed by atoms with E-state index in [0.29, 0.717) is 0 Å². The maximum atomic E-state index is 5.83. The highest BCUT2D eigenvalue weighted by molar-refractivity contribution is 5.73. The maximum absolute atomic E-state index is 5.83. The van der Waals surface area contributed by atoms with Gasteiger partial charge in [0, 0.05) is 6.54 Å². The lowest BCUT2D eigenvalue weighted by atomic mass is 10.1. The Morgan fingerprint density at radius 1 is 1.00 bits per heavy atom. The summed E-state index contributed by atoms with van der Waals surface area (Å²) in [6, 6.07) is 14.4. The van der Waals surface area contributed by atoms with Gasteiger partial charge in [0.05, 0.1) is 12.1 Å². The molecule has 0 radical (unpaired) electrons. The van der Waals surface area contributed by atoms with Gasteiger partial charge in [0.2, 0.25) is 0 Å². The minimum absolute atomic E-state index is 0.732. The van der Waals surface area contributed by atoms with E-state index < -0.39 is 0 Å². The summed E-state index contributed by atoms with van der Waals surface area (Å²) >= 11 is 0. The molecule has 22 heavy (non-hydrogen) atoms. The van der Waals surface area contributed by atoms with E-state index in [-0.39, 0.29) is 0 Å². The molecule has 0 spiro atoms. The number of hydrogen-bond acceptors (Lipinski definition) is 3. The van der Waals surface area contributed by atoms with Crippen LogP contribution in [0.2, 0.25) is 0 Å². The summed E-state index contributed by atoms with van der Waals surface area (Å²) in [5.74, 6) is 0.962. The van der Waals surface area contributed by atoms with E-state index in [1.165, 1.54) is 11.1 Å². The van der Waals surface area contributed by atoms with Crippen LogP contribution in [0.1, 0.15) is 24.0 Å². The van der Waals surface area contributed by atoms with Crippen molar-refractivity contribution in [3.63, 3.8) is 0 Å². The van der Waals surface area contributed by atoms with Crippen LogP contribution >= 0.6 is 0 Å². The molecule has 114 valence electrons. The molecule has 0 fully saturated rings.